The third kappa shape index (κ3) is 2.04. The Morgan fingerprint density at radius 3 is 2.56 bits per heavy atom. The predicted molar refractivity (Wildman–Crippen MR) is 78.2 cm³/mol. The van der Waals surface area contributed by atoms with Gasteiger partial charge in [0.05, 0.1) is 0 Å². The van der Waals surface area contributed by atoms with Gasteiger partial charge in [0, 0.05) is 33.9 Å². The molecule has 0 N–H and O–H groups in total. The second-order valence-corrected chi connectivity index (χ2v) is 5.66. The van der Waals surface area contributed by atoms with Crippen LogP contribution in [0.25, 0.3) is 10.9 Å². The Morgan fingerprint density at radius 1 is 1.00 bits per heavy atom. The van der Waals surface area contributed by atoms with Gasteiger partial charge in [-0.2, -0.15) is 0 Å². The lowest BCUT2D eigenvalue weighted by Crippen LogP contribution is -1.82. The molecule has 1 aromatic heterocycles. The Morgan fingerprint density at radius 2 is 1.78 bits per heavy atom. The van der Waals surface area contributed by atoms with Crippen molar-refractivity contribution >= 4 is 22.7 Å². The van der Waals surface area contributed by atoms with Gasteiger partial charge in [-0.1, -0.05) is 41.6 Å². The molecule has 0 unspecified atom stereocenters. The van der Waals surface area contributed by atoms with Crippen molar-refractivity contribution < 1.29 is 0 Å². The highest BCUT2D eigenvalue weighted by Gasteiger charge is 2.07. The maximum Gasteiger partial charge on any atom is 0.0489 e. The number of benzene rings is 2. The van der Waals surface area contributed by atoms with Gasteiger partial charge in [0.2, 0.25) is 0 Å². The first-order valence-electron chi connectivity index (χ1n) is 6.02. The number of nitrogens with zero attached hydrogens (tertiary/aromatic N) is 1. The summed E-state index contributed by atoms with van der Waals surface area (Å²) >= 11 is 1.83. The largest absolute Gasteiger partial charge is 0.349 e. The van der Waals surface area contributed by atoms with Crippen LogP contribution in [-0.2, 0) is 7.05 Å². The third-order valence-electron chi connectivity index (χ3n) is 3.08. The lowest BCUT2D eigenvalue weighted by molar-refractivity contribution is 0.957. The summed E-state index contributed by atoms with van der Waals surface area (Å²) < 4.78 is 2.19. The summed E-state index contributed by atoms with van der Waals surface area (Å²) in [6.45, 7) is 2.14. The van der Waals surface area contributed by atoms with Crippen molar-refractivity contribution in [3.8, 4) is 0 Å². The molecule has 3 aromatic rings. The van der Waals surface area contributed by atoms with Crippen LogP contribution in [0.4, 0.5) is 0 Å². The summed E-state index contributed by atoms with van der Waals surface area (Å²) in [5.41, 5.74) is 2.60. The second-order valence-electron chi connectivity index (χ2n) is 4.54. The molecular formula is C16H15NS. The fraction of sp³-hybridized carbons (Fsp3) is 0.125. The number of aromatic nitrogens is 1. The van der Waals surface area contributed by atoms with Crippen LogP contribution in [0.5, 0.6) is 0 Å². The van der Waals surface area contributed by atoms with Crippen LogP contribution in [-0.4, -0.2) is 4.57 Å². The number of hydrogen-bond donors (Lipinski definition) is 0. The molecule has 0 aliphatic heterocycles. The van der Waals surface area contributed by atoms with Gasteiger partial charge in [0.1, 0.15) is 0 Å². The van der Waals surface area contributed by atoms with E-state index in [2.05, 4.69) is 73.3 Å². The molecule has 1 heterocycles. The maximum atomic E-state index is 2.26. The molecule has 0 amide bonds. The molecule has 0 spiro atoms. The van der Waals surface area contributed by atoms with Crippen LogP contribution in [0.15, 0.2) is 64.5 Å². The quantitative estimate of drug-likeness (QED) is 0.644. The van der Waals surface area contributed by atoms with E-state index in [9.17, 15) is 0 Å². The van der Waals surface area contributed by atoms with Gasteiger partial charge < -0.3 is 4.57 Å². The molecule has 0 aliphatic rings. The number of hydrogen-bond acceptors (Lipinski definition) is 1. The Balaban J connectivity index is 2.09. The number of aryl methyl sites for hydroxylation is 2. The molecule has 0 aliphatic carbocycles. The van der Waals surface area contributed by atoms with Crippen molar-refractivity contribution in [2.24, 2.45) is 7.05 Å². The van der Waals surface area contributed by atoms with E-state index >= 15 is 0 Å². The van der Waals surface area contributed by atoms with Crippen molar-refractivity contribution in [1.29, 1.82) is 0 Å². The first-order valence-corrected chi connectivity index (χ1v) is 6.84. The van der Waals surface area contributed by atoms with E-state index in [4.69, 9.17) is 0 Å². The zero-order valence-electron chi connectivity index (χ0n) is 10.6. The first kappa shape index (κ1) is 11.4. The van der Waals surface area contributed by atoms with Crippen molar-refractivity contribution in [3.05, 3.63) is 60.3 Å². The first-order chi connectivity index (χ1) is 8.74. The molecule has 0 fully saturated rings. The smallest absolute Gasteiger partial charge is 0.0489 e. The van der Waals surface area contributed by atoms with Crippen molar-refractivity contribution in [2.75, 3.05) is 0 Å². The van der Waals surface area contributed by atoms with Crippen LogP contribution in [0.1, 0.15) is 5.56 Å². The molecule has 0 saturated heterocycles. The van der Waals surface area contributed by atoms with Gasteiger partial charge in [-0.3, -0.25) is 0 Å². The number of rotatable bonds is 2. The highest BCUT2D eigenvalue weighted by molar-refractivity contribution is 7.99. The molecule has 90 valence electrons. The summed E-state index contributed by atoms with van der Waals surface area (Å²) in [5.74, 6) is 0. The fourth-order valence-corrected chi connectivity index (χ4v) is 3.20. The third-order valence-corrected chi connectivity index (χ3v) is 4.13. The molecule has 1 nitrogen and oxygen atoms in total. The van der Waals surface area contributed by atoms with Crippen LogP contribution >= 0.6 is 11.8 Å². The minimum atomic E-state index is 1.28. The Hall–Kier alpha value is -1.67. The van der Waals surface area contributed by atoms with Crippen LogP contribution in [0, 0.1) is 6.92 Å². The van der Waals surface area contributed by atoms with Crippen molar-refractivity contribution in [3.63, 3.8) is 0 Å². The number of fused-ring (bicyclic) bond motifs is 1. The van der Waals surface area contributed by atoms with E-state index < -0.39 is 0 Å². The van der Waals surface area contributed by atoms with Crippen LogP contribution in [0.2, 0.25) is 0 Å². The van der Waals surface area contributed by atoms with Crippen molar-refractivity contribution in [2.45, 2.75) is 16.7 Å². The van der Waals surface area contributed by atoms with E-state index in [1.165, 1.54) is 26.3 Å². The Kier molecular flexibility index (Phi) is 2.88. The molecule has 0 bridgehead atoms. The Labute approximate surface area is 111 Å². The standard InChI is InChI=1S/C16H15NS/c1-12-8-9-15-14(10-12)16(11-17(15)2)18-13-6-4-3-5-7-13/h3-11H,1-2H3. The molecule has 2 aromatic carbocycles. The molecule has 0 atom stereocenters. The molecular weight excluding hydrogens is 238 g/mol. The summed E-state index contributed by atoms with van der Waals surface area (Å²) in [5, 5.41) is 1.34. The molecule has 3 rings (SSSR count). The van der Waals surface area contributed by atoms with E-state index in [1.54, 1.807) is 0 Å². The van der Waals surface area contributed by atoms with E-state index in [1.807, 2.05) is 11.8 Å². The predicted octanol–water partition coefficient (Wildman–Crippen LogP) is 4.64. The summed E-state index contributed by atoms with van der Waals surface area (Å²) in [6.07, 6.45) is 2.21. The summed E-state index contributed by atoms with van der Waals surface area (Å²) in [7, 11) is 2.10. The van der Waals surface area contributed by atoms with Gasteiger partial charge in [-0.05, 0) is 31.2 Å². The normalized spacial score (nSPS) is 11.0. The van der Waals surface area contributed by atoms with E-state index in [-0.39, 0.29) is 0 Å². The monoisotopic (exact) mass is 253 g/mol. The zero-order chi connectivity index (χ0) is 12.5. The Bertz CT molecular complexity index is 683. The highest BCUT2D eigenvalue weighted by atomic mass is 32.2. The van der Waals surface area contributed by atoms with E-state index in [0.717, 1.165) is 0 Å². The average Bonchev–Trinajstić information content (AvgIpc) is 2.67. The SMILES string of the molecule is Cc1ccc2c(c1)c(Sc1ccccc1)cn2C. The fourth-order valence-electron chi connectivity index (χ4n) is 2.17. The molecule has 2 heteroatoms. The summed E-state index contributed by atoms with van der Waals surface area (Å²) in [6, 6.07) is 17.1. The highest BCUT2D eigenvalue weighted by Crippen LogP contribution is 2.34. The second kappa shape index (κ2) is 4.54. The molecule has 0 saturated carbocycles. The van der Waals surface area contributed by atoms with Gasteiger partial charge in [-0.25, -0.2) is 0 Å². The minimum absolute atomic E-state index is 1.28. The van der Waals surface area contributed by atoms with Gasteiger partial charge >= 0.3 is 0 Å². The van der Waals surface area contributed by atoms with Crippen LogP contribution in [0.3, 0.4) is 0 Å². The molecule has 0 radical (unpaired) electrons. The molecule has 18 heavy (non-hydrogen) atoms. The van der Waals surface area contributed by atoms with Gasteiger partial charge in [0.15, 0.2) is 0 Å². The van der Waals surface area contributed by atoms with Gasteiger partial charge in [-0.15, -0.1) is 0 Å². The van der Waals surface area contributed by atoms with Crippen LogP contribution < -0.4 is 0 Å². The average molecular weight is 253 g/mol. The lowest BCUT2D eigenvalue weighted by atomic mass is 10.2. The zero-order valence-corrected chi connectivity index (χ0v) is 11.4. The topological polar surface area (TPSA) is 4.93 Å². The maximum absolute atomic E-state index is 2.26. The van der Waals surface area contributed by atoms with Crippen molar-refractivity contribution in [1.82, 2.24) is 4.57 Å². The van der Waals surface area contributed by atoms with E-state index in [0.29, 0.717) is 0 Å². The summed E-state index contributed by atoms with van der Waals surface area (Å²) in [4.78, 5) is 2.61. The lowest BCUT2D eigenvalue weighted by Gasteiger charge is -2.00. The van der Waals surface area contributed by atoms with Gasteiger partial charge in [0.25, 0.3) is 0 Å². The minimum Gasteiger partial charge on any atom is -0.349 e.